The average Bonchev–Trinajstić information content (AvgIpc) is 1.84. The summed E-state index contributed by atoms with van der Waals surface area (Å²) in [6.45, 7) is 0. The van der Waals surface area contributed by atoms with Gasteiger partial charge < -0.3 is 21.9 Å². The van der Waals surface area contributed by atoms with Gasteiger partial charge >= 0.3 is 41.5 Å². The van der Waals surface area contributed by atoms with Gasteiger partial charge in [0.1, 0.15) is 0 Å². The molecule has 0 aliphatic heterocycles. The molecule has 0 radical (unpaired) electrons. The minimum absolute atomic E-state index is 0. The maximum Gasteiger partial charge on any atom is 1.00 e. The summed E-state index contributed by atoms with van der Waals surface area (Å²) in [7, 11) is 0. The summed E-state index contributed by atoms with van der Waals surface area (Å²) in [5, 5.41) is 32.5. The maximum absolute atomic E-state index is 9.77. The van der Waals surface area contributed by atoms with E-state index >= 15 is 0 Å². The topological polar surface area (TPSA) is 115 Å². The molecular formula is C4H7NaO6. The maximum atomic E-state index is 9.77. The van der Waals surface area contributed by atoms with Gasteiger partial charge in [0.25, 0.3) is 0 Å². The molecule has 0 aromatic carbocycles. The molecule has 0 heterocycles. The Bertz CT molecular complexity index is 144. The van der Waals surface area contributed by atoms with Crippen molar-refractivity contribution in [3.63, 3.8) is 0 Å². The van der Waals surface area contributed by atoms with Crippen LogP contribution in [-0.2, 0) is 9.59 Å². The van der Waals surface area contributed by atoms with Crippen LogP contribution in [0, 0.1) is 0 Å². The van der Waals surface area contributed by atoms with Crippen molar-refractivity contribution in [2.45, 2.75) is 12.2 Å². The number of aliphatic hydroxyl groups is 2. The van der Waals surface area contributed by atoms with Crippen LogP contribution in [0.4, 0.5) is 0 Å². The molecule has 0 rings (SSSR count). The van der Waals surface area contributed by atoms with Crippen LogP contribution in [0.25, 0.3) is 0 Å². The molecule has 2 unspecified atom stereocenters. The van der Waals surface area contributed by atoms with Crippen LogP contribution in [0.3, 0.4) is 0 Å². The number of carboxylic acids is 2. The van der Waals surface area contributed by atoms with Crippen molar-refractivity contribution in [1.82, 2.24) is 0 Å². The quantitative estimate of drug-likeness (QED) is 0.318. The van der Waals surface area contributed by atoms with Gasteiger partial charge in [-0.3, -0.25) is 0 Å². The third kappa shape index (κ3) is 4.33. The molecule has 0 bridgehead atoms. The van der Waals surface area contributed by atoms with Crippen molar-refractivity contribution in [2.75, 3.05) is 0 Å². The molecule has 60 valence electrons. The molecule has 11 heavy (non-hydrogen) atoms. The van der Waals surface area contributed by atoms with Crippen LogP contribution in [0.2, 0.25) is 0 Å². The Morgan fingerprint density at radius 2 is 1.18 bits per heavy atom. The van der Waals surface area contributed by atoms with Crippen LogP contribution in [0.15, 0.2) is 0 Å². The smallest absolute Gasteiger partial charge is 1.00 e. The molecule has 7 heteroatoms. The summed E-state index contributed by atoms with van der Waals surface area (Å²) < 4.78 is 0. The molecule has 0 aliphatic rings. The minimum atomic E-state index is -2.27. The summed E-state index contributed by atoms with van der Waals surface area (Å²) in [6.07, 6.45) is -4.53. The first-order valence-electron chi connectivity index (χ1n) is 2.28. The normalized spacial score (nSPS) is 14.4. The predicted molar refractivity (Wildman–Crippen MR) is 28.4 cm³/mol. The Morgan fingerprint density at radius 3 is 1.27 bits per heavy atom. The predicted octanol–water partition coefficient (Wildman–Crippen LogP) is -5.01. The number of aliphatic carboxylic acids is 2. The summed E-state index contributed by atoms with van der Waals surface area (Å²) in [5.41, 5.74) is 0. The molecule has 6 nitrogen and oxygen atoms in total. The van der Waals surface area contributed by atoms with Crippen molar-refractivity contribution in [1.29, 1.82) is 0 Å². The molecule has 0 aromatic heterocycles. The van der Waals surface area contributed by atoms with Gasteiger partial charge in [0.15, 0.2) is 12.2 Å². The molecule has 0 amide bonds. The van der Waals surface area contributed by atoms with E-state index in [2.05, 4.69) is 0 Å². The Balaban J connectivity index is -0.000000405. The largest absolute Gasteiger partial charge is 1.00 e. The molecule has 0 saturated carbocycles. The summed E-state index contributed by atoms with van der Waals surface area (Å²) >= 11 is 0. The van der Waals surface area contributed by atoms with Gasteiger partial charge in [-0.15, -0.1) is 0 Å². The molecule has 0 spiro atoms. The number of aliphatic hydroxyl groups excluding tert-OH is 2. The first-order chi connectivity index (χ1) is 4.46. The fraction of sp³-hybridized carbons (Fsp3) is 0.500. The van der Waals surface area contributed by atoms with Gasteiger partial charge in [0.2, 0.25) is 0 Å². The van der Waals surface area contributed by atoms with Crippen molar-refractivity contribution in [3.8, 4) is 0 Å². The van der Waals surface area contributed by atoms with E-state index < -0.39 is 24.1 Å². The number of rotatable bonds is 3. The van der Waals surface area contributed by atoms with E-state index in [9.17, 15) is 9.59 Å². The van der Waals surface area contributed by atoms with E-state index in [1.54, 1.807) is 0 Å². The van der Waals surface area contributed by atoms with Crippen LogP contribution < -0.4 is 29.6 Å². The summed E-state index contributed by atoms with van der Waals surface area (Å²) in [5.74, 6) is -3.54. The Labute approximate surface area is 85.2 Å². The van der Waals surface area contributed by atoms with Crippen molar-refractivity contribution < 1.29 is 61.0 Å². The van der Waals surface area contributed by atoms with E-state index in [4.69, 9.17) is 20.4 Å². The zero-order valence-corrected chi connectivity index (χ0v) is 7.76. The molecule has 0 fully saturated rings. The third-order valence-electron chi connectivity index (χ3n) is 0.805. The van der Waals surface area contributed by atoms with Crippen LogP contribution in [0.5, 0.6) is 0 Å². The zero-order valence-electron chi connectivity index (χ0n) is 6.76. The van der Waals surface area contributed by atoms with Gasteiger partial charge in [-0.05, 0) is 0 Å². The number of hydrogen-bond acceptors (Lipinski definition) is 4. The van der Waals surface area contributed by atoms with Crippen LogP contribution in [-0.4, -0.2) is 44.6 Å². The Hall–Kier alpha value is -0.140. The van der Waals surface area contributed by atoms with Gasteiger partial charge in [-0.1, -0.05) is 0 Å². The standard InChI is InChI=1S/C4H6O6.Na.H/c5-1(3(7)8)2(6)4(9)10;;/h1-2,5-6H,(H,7,8)(H,9,10);;/q;+1;-1. The van der Waals surface area contributed by atoms with Crippen molar-refractivity contribution >= 4 is 11.9 Å². The molecule has 2 atom stereocenters. The summed E-state index contributed by atoms with van der Waals surface area (Å²) in [4.78, 5) is 19.5. The first-order valence-corrected chi connectivity index (χ1v) is 2.28. The van der Waals surface area contributed by atoms with Crippen molar-refractivity contribution in [3.05, 3.63) is 0 Å². The second kappa shape index (κ2) is 5.50. The second-order valence-electron chi connectivity index (χ2n) is 1.57. The van der Waals surface area contributed by atoms with Crippen molar-refractivity contribution in [2.24, 2.45) is 0 Å². The van der Waals surface area contributed by atoms with Gasteiger partial charge in [0, 0.05) is 0 Å². The molecule has 0 aromatic rings. The van der Waals surface area contributed by atoms with Gasteiger partial charge in [-0.2, -0.15) is 0 Å². The minimum Gasteiger partial charge on any atom is -1.00 e. The number of carbonyl (C=O) groups is 2. The third-order valence-corrected chi connectivity index (χ3v) is 0.805. The fourth-order valence-corrected chi connectivity index (χ4v) is 0.270. The average molecular weight is 174 g/mol. The molecular weight excluding hydrogens is 167 g/mol. The number of carboxylic acid groups (broad SMARTS) is 2. The summed E-state index contributed by atoms with van der Waals surface area (Å²) in [6, 6.07) is 0. The molecule has 0 saturated heterocycles. The van der Waals surface area contributed by atoms with E-state index in [1.165, 1.54) is 0 Å². The van der Waals surface area contributed by atoms with E-state index in [1.807, 2.05) is 0 Å². The van der Waals surface area contributed by atoms with Gasteiger partial charge in [0.05, 0.1) is 0 Å². The first kappa shape index (κ1) is 13.4. The Kier molecular flexibility index (Phi) is 6.73. The molecule has 4 N–H and O–H groups in total. The SMILES string of the molecule is O=C(O)C(O)C(O)C(=O)O.[H-].[Na+]. The van der Waals surface area contributed by atoms with E-state index in [-0.39, 0.29) is 31.0 Å². The van der Waals surface area contributed by atoms with Crippen LogP contribution in [0.1, 0.15) is 1.43 Å². The number of hydrogen-bond donors (Lipinski definition) is 4. The van der Waals surface area contributed by atoms with E-state index in [0.717, 1.165) is 0 Å². The van der Waals surface area contributed by atoms with Gasteiger partial charge in [-0.25, -0.2) is 9.59 Å². The zero-order chi connectivity index (χ0) is 8.31. The fourth-order valence-electron chi connectivity index (χ4n) is 0.270. The van der Waals surface area contributed by atoms with E-state index in [0.29, 0.717) is 0 Å². The molecule has 0 aliphatic carbocycles. The monoisotopic (exact) mass is 174 g/mol. The second-order valence-corrected chi connectivity index (χ2v) is 1.57. The Morgan fingerprint density at radius 1 is 1.00 bits per heavy atom. The van der Waals surface area contributed by atoms with Crippen LogP contribution >= 0.6 is 0 Å².